The molecule has 3 heterocycles. The smallest absolute Gasteiger partial charge is 0.139 e. The van der Waals surface area contributed by atoms with Crippen LogP contribution in [-0.2, 0) is 6.42 Å². The monoisotopic (exact) mass is 380 g/mol. The Morgan fingerprint density at radius 3 is 2.56 bits per heavy atom. The van der Waals surface area contributed by atoms with E-state index in [1.165, 1.54) is 27.0 Å². The molecule has 142 valence electrons. The Labute approximate surface area is 165 Å². The van der Waals surface area contributed by atoms with Gasteiger partial charge in [-0.15, -0.1) is 11.3 Å². The second kappa shape index (κ2) is 7.95. The molecule has 0 spiro atoms. The van der Waals surface area contributed by atoms with Crippen LogP contribution in [0, 0.1) is 0 Å². The quantitative estimate of drug-likeness (QED) is 0.638. The van der Waals surface area contributed by atoms with Gasteiger partial charge in [-0.25, -0.2) is 9.97 Å². The number of piperidine rings is 1. The number of anilines is 1. The number of nitrogens with one attached hydrogen (secondary N) is 2. The largest absolute Gasteiger partial charge is 0.367 e. The lowest BCUT2D eigenvalue weighted by Gasteiger charge is -2.24. The summed E-state index contributed by atoms with van der Waals surface area (Å²) in [6.45, 7) is 8.84. The van der Waals surface area contributed by atoms with Crippen molar-refractivity contribution in [2.45, 2.75) is 52.0 Å². The third-order valence-corrected chi connectivity index (χ3v) is 6.67. The van der Waals surface area contributed by atoms with E-state index in [0.717, 1.165) is 43.0 Å². The minimum absolute atomic E-state index is 0.477. The Bertz CT molecular complexity index is 908. The predicted octanol–water partition coefficient (Wildman–Crippen LogP) is 5.21. The number of nitrogens with zero attached hydrogens (tertiary/aromatic N) is 2. The van der Waals surface area contributed by atoms with Crippen molar-refractivity contribution in [3.05, 3.63) is 41.0 Å². The Balaban J connectivity index is 1.80. The van der Waals surface area contributed by atoms with Gasteiger partial charge in [-0.3, -0.25) is 0 Å². The number of hydrogen-bond acceptors (Lipinski definition) is 5. The van der Waals surface area contributed by atoms with Gasteiger partial charge in [0.05, 0.1) is 5.39 Å². The molecule has 0 aliphatic carbocycles. The molecule has 3 aromatic rings. The zero-order valence-corrected chi connectivity index (χ0v) is 17.2. The van der Waals surface area contributed by atoms with E-state index in [1.807, 2.05) is 0 Å². The zero-order valence-electron chi connectivity index (χ0n) is 16.4. The first-order chi connectivity index (χ1) is 13.2. The summed E-state index contributed by atoms with van der Waals surface area (Å²) < 4.78 is 0. The lowest BCUT2D eigenvalue weighted by Crippen LogP contribution is -2.35. The third-order valence-electron chi connectivity index (χ3n) is 5.43. The fourth-order valence-corrected chi connectivity index (χ4v) is 4.94. The molecule has 5 heteroatoms. The van der Waals surface area contributed by atoms with Gasteiger partial charge in [0.15, 0.2) is 0 Å². The number of benzene rings is 1. The number of rotatable bonds is 5. The van der Waals surface area contributed by atoms with E-state index in [1.54, 1.807) is 17.7 Å². The van der Waals surface area contributed by atoms with Crippen LogP contribution in [0.4, 0.5) is 5.82 Å². The Kier molecular flexibility index (Phi) is 5.41. The molecule has 0 radical (unpaired) electrons. The van der Waals surface area contributed by atoms with E-state index in [-0.39, 0.29) is 0 Å². The summed E-state index contributed by atoms with van der Waals surface area (Å²) in [6.07, 6.45) is 4.98. The molecule has 0 atom stereocenters. The Morgan fingerprint density at radius 1 is 1.15 bits per heavy atom. The molecule has 4 nitrogen and oxygen atoms in total. The molecule has 1 aliphatic rings. The fraction of sp³-hybridized carbons (Fsp3) is 0.455. The summed E-state index contributed by atoms with van der Waals surface area (Å²) in [5.41, 5.74) is 3.95. The summed E-state index contributed by atoms with van der Waals surface area (Å²) in [6, 6.07) is 9.51. The Morgan fingerprint density at radius 2 is 1.89 bits per heavy atom. The molecule has 1 aromatic carbocycles. The summed E-state index contributed by atoms with van der Waals surface area (Å²) in [4.78, 5) is 11.7. The molecule has 0 saturated carbocycles. The van der Waals surface area contributed by atoms with Crippen LogP contribution < -0.4 is 10.6 Å². The lowest BCUT2D eigenvalue weighted by atomic mass is 9.97. The third kappa shape index (κ3) is 3.71. The van der Waals surface area contributed by atoms with Gasteiger partial charge in [-0.2, -0.15) is 0 Å². The summed E-state index contributed by atoms with van der Waals surface area (Å²) in [5.74, 6) is 1.54. The van der Waals surface area contributed by atoms with Crippen LogP contribution in [0.15, 0.2) is 30.6 Å². The number of aromatic nitrogens is 2. The first-order valence-electron chi connectivity index (χ1n) is 10.0. The van der Waals surface area contributed by atoms with Gasteiger partial charge in [0.25, 0.3) is 0 Å². The van der Waals surface area contributed by atoms with Crippen LogP contribution >= 0.6 is 11.3 Å². The van der Waals surface area contributed by atoms with E-state index in [2.05, 4.69) is 65.6 Å². The highest BCUT2D eigenvalue weighted by Gasteiger charge is 2.20. The number of fused-ring (bicyclic) bond motifs is 1. The molecule has 2 aromatic heterocycles. The van der Waals surface area contributed by atoms with Crippen LogP contribution in [0.25, 0.3) is 21.3 Å². The van der Waals surface area contributed by atoms with Crippen molar-refractivity contribution in [2.24, 2.45) is 0 Å². The Hall–Kier alpha value is -1.98. The van der Waals surface area contributed by atoms with E-state index in [4.69, 9.17) is 0 Å². The molecule has 2 N–H and O–H groups in total. The molecular weight excluding hydrogens is 352 g/mol. The van der Waals surface area contributed by atoms with Gasteiger partial charge < -0.3 is 10.6 Å². The molecule has 27 heavy (non-hydrogen) atoms. The zero-order chi connectivity index (χ0) is 18.8. The van der Waals surface area contributed by atoms with Gasteiger partial charge in [-0.1, -0.05) is 45.0 Å². The number of aryl methyl sites for hydroxylation is 1. The average molecular weight is 381 g/mol. The van der Waals surface area contributed by atoms with E-state index in [9.17, 15) is 0 Å². The first kappa shape index (κ1) is 18.4. The second-order valence-corrected chi connectivity index (χ2v) is 8.69. The van der Waals surface area contributed by atoms with E-state index >= 15 is 0 Å². The number of thiophene rings is 1. The van der Waals surface area contributed by atoms with Gasteiger partial charge in [-0.05, 0) is 49.4 Å². The highest BCUT2D eigenvalue weighted by Crippen LogP contribution is 2.41. The second-order valence-electron chi connectivity index (χ2n) is 7.60. The molecule has 0 unspecified atom stereocenters. The summed E-state index contributed by atoms with van der Waals surface area (Å²) in [5, 5.41) is 8.34. The number of hydrogen-bond donors (Lipinski definition) is 2. The van der Waals surface area contributed by atoms with Crippen LogP contribution in [0.5, 0.6) is 0 Å². The molecule has 1 saturated heterocycles. The maximum absolute atomic E-state index is 4.64. The summed E-state index contributed by atoms with van der Waals surface area (Å²) >= 11 is 1.80. The van der Waals surface area contributed by atoms with E-state index < -0.39 is 0 Å². The SMILES string of the molecule is CCc1sc2ncnc(NC3CCNCC3)c2c1-c1ccc(C(C)C)cc1. The average Bonchev–Trinajstić information content (AvgIpc) is 3.08. The van der Waals surface area contributed by atoms with Crippen LogP contribution in [0.3, 0.4) is 0 Å². The van der Waals surface area contributed by atoms with Crippen molar-refractivity contribution >= 4 is 27.4 Å². The van der Waals surface area contributed by atoms with Crippen molar-refractivity contribution in [1.29, 1.82) is 0 Å². The lowest BCUT2D eigenvalue weighted by molar-refractivity contribution is 0.478. The standard InChI is InChI=1S/C22H28N4S/c1-4-18-19(16-7-5-15(6-8-16)14(2)3)20-21(24-13-25-22(20)27-18)26-17-9-11-23-12-10-17/h5-8,13-14,17,23H,4,9-12H2,1-3H3,(H,24,25,26). The van der Waals surface area contributed by atoms with Crippen molar-refractivity contribution in [2.75, 3.05) is 18.4 Å². The highest BCUT2D eigenvalue weighted by molar-refractivity contribution is 7.19. The molecule has 0 bridgehead atoms. The van der Waals surface area contributed by atoms with Gasteiger partial charge >= 0.3 is 0 Å². The van der Waals surface area contributed by atoms with Crippen molar-refractivity contribution in [3.8, 4) is 11.1 Å². The molecule has 1 fully saturated rings. The highest BCUT2D eigenvalue weighted by atomic mass is 32.1. The van der Waals surface area contributed by atoms with E-state index in [0.29, 0.717) is 12.0 Å². The topological polar surface area (TPSA) is 49.8 Å². The first-order valence-corrected chi connectivity index (χ1v) is 10.8. The normalized spacial score (nSPS) is 15.6. The minimum atomic E-state index is 0.477. The van der Waals surface area contributed by atoms with Crippen LogP contribution in [0.2, 0.25) is 0 Å². The van der Waals surface area contributed by atoms with Crippen LogP contribution in [-0.4, -0.2) is 29.1 Å². The van der Waals surface area contributed by atoms with Gasteiger partial charge in [0.1, 0.15) is 17.0 Å². The van der Waals surface area contributed by atoms with Gasteiger partial charge in [0.2, 0.25) is 0 Å². The maximum Gasteiger partial charge on any atom is 0.139 e. The summed E-state index contributed by atoms with van der Waals surface area (Å²) in [7, 11) is 0. The molecule has 4 rings (SSSR count). The van der Waals surface area contributed by atoms with Gasteiger partial charge in [0, 0.05) is 16.5 Å². The van der Waals surface area contributed by atoms with Crippen molar-refractivity contribution in [3.63, 3.8) is 0 Å². The maximum atomic E-state index is 4.64. The van der Waals surface area contributed by atoms with Crippen LogP contribution in [0.1, 0.15) is 50.0 Å². The molecule has 0 amide bonds. The molecular formula is C22H28N4S. The van der Waals surface area contributed by atoms with Crippen molar-refractivity contribution in [1.82, 2.24) is 15.3 Å². The minimum Gasteiger partial charge on any atom is -0.367 e. The molecule has 1 aliphatic heterocycles. The fourth-order valence-electron chi connectivity index (χ4n) is 3.84. The predicted molar refractivity (Wildman–Crippen MR) is 116 cm³/mol. The van der Waals surface area contributed by atoms with Crippen molar-refractivity contribution < 1.29 is 0 Å².